The number of hydrogen-bond acceptors (Lipinski definition) is 3. The van der Waals surface area contributed by atoms with Crippen molar-refractivity contribution in [3.63, 3.8) is 0 Å². The van der Waals surface area contributed by atoms with E-state index in [2.05, 4.69) is 15.1 Å². The standard InChI is InChI=1S/C18H17ClN4O/c19-13-4-6-14(7-5-13)22-8-10-23(11-9-22)18(24)15-2-1-3-17-16(15)12-20-21-17/h1-7,12H,8-11H2,(H,20,21). The first-order valence-corrected chi connectivity index (χ1v) is 8.32. The normalized spacial score (nSPS) is 15.0. The molecule has 0 atom stereocenters. The van der Waals surface area contributed by atoms with Gasteiger partial charge in [0.15, 0.2) is 0 Å². The monoisotopic (exact) mass is 340 g/mol. The van der Waals surface area contributed by atoms with Crippen LogP contribution in [0.2, 0.25) is 5.02 Å². The van der Waals surface area contributed by atoms with Gasteiger partial charge in [0.2, 0.25) is 0 Å². The second-order valence-electron chi connectivity index (χ2n) is 5.89. The largest absolute Gasteiger partial charge is 0.368 e. The molecule has 122 valence electrons. The van der Waals surface area contributed by atoms with Crippen LogP contribution in [0.3, 0.4) is 0 Å². The fourth-order valence-electron chi connectivity index (χ4n) is 3.14. The predicted octanol–water partition coefficient (Wildman–Crippen LogP) is 3.18. The molecular weight excluding hydrogens is 324 g/mol. The Kier molecular flexibility index (Phi) is 3.86. The van der Waals surface area contributed by atoms with Gasteiger partial charge in [0.1, 0.15) is 0 Å². The van der Waals surface area contributed by atoms with Crippen LogP contribution in [0.4, 0.5) is 5.69 Å². The molecule has 0 unspecified atom stereocenters. The zero-order valence-corrected chi connectivity index (χ0v) is 13.8. The summed E-state index contributed by atoms with van der Waals surface area (Å²) in [6.07, 6.45) is 1.71. The lowest BCUT2D eigenvalue weighted by atomic mass is 10.1. The van der Waals surface area contributed by atoms with Crippen molar-refractivity contribution in [3.8, 4) is 0 Å². The van der Waals surface area contributed by atoms with E-state index >= 15 is 0 Å². The first-order valence-electron chi connectivity index (χ1n) is 7.94. The zero-order valence-electron chi connectivity index (χ0n) is 13.1. The lowest BCUT2D eigenvalue weighted by Gasteiger charge is -2.36. The molecule has 0 aliphatic carbocycles. The van der Waals surface area contributed by atoms with Gasteiger partial charge in [0.25, 0.3) is 5.91 Å². The molecule has 1 aromatic heterocycles. The van der Waals surface area contributed by atoms with E-state index in [0.29, 0.717) is 18.7 Å². The molecule has 24 heavy (non-hydrogen) atoms. The number of carbonyl (C=O) groups excluding carboxylic acids is 1. The van der Waals surface area contributed by atoms with Crippen molar-refractivity contribution in [1.82, 2.24) is 15.1 Å². The summed E-state index contributed by atoms with van der Waals surface area (Å²) in [6.45, 7) is 3.04. The summed E-state index contributed by atoms with van der Waals surface area (Å²) in [5, 5.41) is 8.56. The van der Waals surface area contributed by atoms with Gasteiger partial charge in [-0.25, -0.2) is 0 Å². The molecule has 1 saturated heterocycles. The fraction of sp³-hybridized carbons (Fsp3) is 0.222. The Labute approximate surface area is 144 Å². The number of nitrogens with zero attached hydrogens (tertiary/aromatic N) is 3. The second kappa shape index (κ2) is 6.17. The second-order valence-corrected chi connectivity index (χ2v) is 6.33. The molecule has 0 bridgehead atoms. The van der Waals surface area contributed by atoms with Gasteiger partial charge in [0, 0.05) is 42.3 Å². The maximum atomic E-state index is 12.8. The third-order valence-corrected chi connectivity index (χ3v) is 4.73. The van der Waals surface area contributed by atoms with E-state index < -0.39 is 0 Å². The zero-order chi connectivity index (χ0) is 16.5. The van der Waals surface area contributed by atoms with Crippen molar-refractivity contribution in [2.75, 3.05) is 31.1 Å². The molecule has 3 aromatic rings. The van der Waals surface area contributed by atoms with E-state index in [4.69, 9.17) is 11.6 Å². The minimum atomic E-state index is 0.0674. The van der Waals surface area contributed by atoms with E-state index in [1.165, 1.54) is 0 Å². The minimum absolute atomic E-state index is 0.0674. The van der Waals surface area contributed by atoms with Gasteiger partial charge in [-0.2, -0.15) is 5.10 Å². The number of hydrogen-bond donors (Lipinski definition) is 1. The third kappa shape index (κ3) is 2.71. The Morgan fingerprint density at radius 1 is 1.04 bits per heavy atom. The molecule has 1 N–H and O–H groups in total. The molecular formula is C18H17ClN4O. The van der Waals surface area contributed by atoms with Crippen LogP contribution in [0.5, 0.6) is 0 Å². The summed E-state index contributed by atoms with van der Waals surface area (Å²) < 4.78 is 0. The molecule has 1 aliphatic heterocycles. The Morgan fingerprint density at radius 2 is 1.79 bits per heavy atom. The highest BCUT2D eigenvalue weighted by atomic mass is 35.5. The number of rotatable bonds is 2. The predicted molar refractivity (Wildman–Crippen MR) is 95.7 cm³/mol. The molecule has 4 rings (SSSR count). The van der Waals surface area contributed by atoms with Crippen LogP contribution in [-0.2, 0) is 0 Å². The van der Waals surface area contributed by atoms with Gasteiger partial charge < -0.3 is 9.80 Å². The first kappa shape index (κ1) is 15.0. The molecule has 0 radical (unpaired) electrons. The number of aromatic nitrogens is 2. The number of carbonyl (C=O) groups is 1. The molecule has 6 heteroatoms. The maximum absolute atomic E-state index is 12.8. The van der Waals surface area contributed by atoms with Crippen molar-refractivity contribution < 1.29 is 4.79 Å². The summed E-state index contributed by atoms with van der Waals surface area (Å²) in [5.74, 6) is 0.0674. The Balaban J connectivity index is 1.48. The van der Waals surface area contributed by atoms with Gasteiger partial charge in [-0.1, -0.05) is 17.7 Å². The Morgan fingerprint density at radius 3 is 2.54 bits per heavy atom. The van der Waals surface area contributed by atoms with Crippen LogP contribution in [0.25, 0.3) is 10.9 Å². The number of H-pyrrole nitrogens is 1. The van der Waals surface area contributed by atoms with Crippen molar-refractivity contribution in [1.29, 1.82) is 0 Å². The molecule has 0 spiro atoms. The highest BCUT2D eigenvalue weighted by Crippen LogP contribution is 2.22. The summed E-state index contributed by atoms with van der Waals surface area (Å²) >= 11 is 5.94. The van der Waals surface area contributed by atoms with E-state index in [1.807, 2.05) is 47.4 Å². The Bertz CT molecular complexity index is 866. The molecule has 0 saturated carbocycles. The topological polar surface area (TPSA) is 52.2 Å². The van der Waals surface area contributed by atoms with E-state index in [-0.39, 0.29) is 5.91 Å². The lowest BCUT2D eigenvalue weighted by Crippen LogP contribution is -2.48. The molecule has 1 aliphatic rings. The number of halogens is 1. The summed E-state index contributed by atoms with van der Waals surface area (Å²) in [7, 11) is 0. The number of aromatic amines is 1. The fourth-order valence-corrected chi connectivity index (χ4v) is 3.27. The maximum Gasteiger partial charge on any atom is 0.254 e. The number of nitrogens with one attached hydrogen (secondary N) is 1. The van der Waals surface area contributed by atoms with Gasteiger partial charge in [-0.3, -0.25) is 9.89 Å². The summed E-state index contributed by atoms with van der Waals surface area (Å²) in [4.78, 5) is 17.0. The molecule has 5 nitrogen and oxygen atoms in total. The Hall–Kier alpha value is -2.53. The number of amides is 1. The average molecular weight is 341 g/mol. The lowest BCUT2D eigenvalue weighted by molar-refractivity contribution is 0.0749. The van der Waals surface area contributed by atoms with Gasteiger partial charge >= 0.3 is 0 Å². The smallest absolute Gasteiger partial charge is 0.254 e. The van der Waals surface area contributed by atoms with Crippen LogP contribution >= 0.6 is 11.6 Å². The van der Waals surface area contributed by atoms with E-state index in [0.717, 1.165) is 34.7 Å². The van der Waals surface area contributed by atoms with E-state index in [9.17, 15) is 4.79 Å². The van der Waals surface area contributed by atoms with Gasteiger partial charge in [0.05, 0.1) is 17.3 Å². The van der Waals surface area contributed by atoms with Crippen molar-refractivity contribution >= 4 is 34.1 Å². The minimum Gasteiger partial charge on any atom is -0.368 e. The quantitative estimate of drug-likeness (QED) is 0.779. The summed E-state index contributed by atoms with van der Waals surface area (Å²) in [6, 6.07) is 13.5. The number of fused-ring (bicyclic) bond motifs is 1. The van der Waals surface area contributed by atoms with Crippen LogP contribution in [0.15, 0.2) is 48.7 Å². The van der Waals surface area contributed by atoms with Gasteiger partial charge in [-0.15, -0.1) is 0 Å². The van der Waals surface area contributed by atoms with Crippen molar-refractivity contribution in [2.45, 2.75) is 0 Å². The molecule has 1 amide bonds. The highest BCUT2D eigenvalue weighted by molar-refractivity contribution is 6.30. The molecule has 1 fully saturated rings. The number of anilines is 1. The van der Waals surface area contributed by atoms with Crippen molar-refractivity contribution in [3.05, 3.63) is 59.2 Å². The van der Waals surface area contributed by atoms with Crippen LogP contribution in [0.1, 0.15) is 10.4 Å². The number of benzene rings is 2. The number of piperazine rings is 1. The highest BCUT2D eigenvalue weighted by Gasteiger charge is 2.23. The van der Waals surface area contributed by atoms with E-state index in [1.54, 1.807) is 6.20 Å². The third-order valence-electron chi connectivity index (χ3n) is 4.47. The van der Waals surface area contributed by atoms with Crippen LogP contribution in [0, 0.1) is 0 Å². The molecule has 2 heterocycles. The average Bonchev–Trinajstić information content (AvgIpc) is 3.11. The molecule has 2 aromatic carbocycles. The van der Waals surface area contributed by atoms with Gasteiger partial charge in [-0.05, 0) is 36.4 Å². The first-order chi connectivity index (χ1) is 11.7. The summed E-state index contributed by atoms with van der Waals surface area (Å²) in [5.41, 5.74) is 2.74. The van der Waals surface area contributed by atoms with Crippen LogP contribution in [-0.4, -0.2) is 47.2 Å². The van der Waals surface area contributed by atoms with Crippen molar-refractivity contribution in [2.24, 2.45) is 0 Å². The SMILES string of the molecule is O=C(c1cccc2[nH]ncc12)N1CCN(c2ccc(Cl)cc2)CC1. The van der Waals surface area contributed by atoms with Crippen LogP contribution < -0.4 is 4.90 Å².